The van der Waals surface area contributed by atoms with Crippen LogP contribution >= 0.6 is 0 Å². The van der Waals surface area contributed by atoms with Crippen LogP contribution in [-0.2, 0) is 17.4 Å². The van der Waals surface area contributed by atoms with E-state index >= 15 is 0 Å². The Kier molecular flexibility index (Phi) is 6.87. The van der Waals surface area contributed by atoms with Crippen LogP contribution in [0.4, 0.5) is 13.2 Å². The van der Waals surface area contributed by atoms with Gasteiger partial charge in [-0.3, -0.25) is 9.69 Å². The quantitative estimate of drug-likeness (QED) is 0.773. The first-order chi connectivity index (χ1) is 11.8. The number of likely N-dealkylation sites (tertiary alicyclic amines) is 1. The van der Waals surface area contributed by atoms with Gasteiger partial charge < -0.3 is 4.90 Å². The van der Waals surface area contributed by atoms with E-state index in [0.29, 0.717) is 31.0 Å². The number of benzene rings is 1. The van der Waals surface area contributed by atoms with Crippen molar-refractivity contribution >= 4 is 5.91 Å². The summed E-state index contributed by atoms with van der Waals surface area (Å²) in [6.45, 7) is 4.70. The molecule has 0 N–H and O–H groups in total. The molecule has 1 unspecified atom stereocenters. The van der Waals surface area contributed by atoms with Gasteiger partial charge in [-0.1, -0.05) is 18.2 Å². The van der Waals surface area contributed by atoms with Crippen LogP contribution in [0.25, 0.3) is 0 Å². The zero-order valence-corrected chi connectivity index (χ0v) is 15.0. The van der Waals surface area contributed by atoms with Crippen LogP contribution in [0.1, 0.15) is 37.3 Å². The molecule has 0 aliphatic carbocycles. The number of alkyl halides is 3. The third-order valence-electron chi connectivity index (χ3n) is 5.01. The summed E-state index contributed by atoms with van der Waals surface area (Å²) in [6.07, 6.45) is -1.14. The van der Waals surface area contributed by atoms with Crippen LogP contribution in [0.3, 0.4) is 0 Å². The van der Waals surface area contributed by atoms with Crippen LogP contribution in [0, 0.1) is 5.92 Å². The Hall–Kier alpha value is -1.56. The molecule has 3 nitrogen and oxygen atoms in total. The second-order valence-corrected chi connectivity index (χ2v) is 6.84. The van der Waals surface area contributed by atoms with Gasteiger partial charge in [0, 0.05) is 20.1 Å². The molecule has 2 rings (SSSR count). The summed E-state index contributed by atoms with van der Waals surface area (Å²) in [7, 11) is 1.79. The zero-order valence-electron chi connectivity index (χ0n) is 15.0. The van der Waals surface area contributed by atoms with Gasteiger partial charge in [0.1, 0.15) is 0 Å². The average Bonchev–Trinajstić information content (AvgIpc) is 2.59. The summed E-state index contributed by atoms with van der Waals surface area (Å²) in [5.74, 6) is 0.445. The number of likely N-dealkylation sites (N-methyl/N-ethyl adjacent to an activating group) is 1. The molecule has 1 fully saturated rings. The van der Waals surface area contributed by atoms with Crippen LogP contribution < -0.4 is 0 Å². The molecule has 1 aromatic rings. The predicted octanol–water partition coefficient (Wildman–Crippen LogP) is 3.83. The molecule has 1 aliphatic rings. The minimum Gasteiger partial charge on any atom is -0.345 e. The number of carbonyl (C=O) groups is 1. The Labute approximate surface area is 147 Å². The Morgan fingerprint density at radius 3 is 2.72 bits per heavy atom. The van der Waals surface area contributed by atoms with E-state index in [2.05, 4.69) is 4.90 Å². The number of rotatable bonds is 6. The first-order valence-corrected chi connectivity index (χ1v) is 8.92. The Balaban J connectivity index is 1.90. The number of piperidine rings is 1. The largest absolute Gasteiger partial charge is 0.416 e. The number of hydrogen-bond acceptors (Lipinski definition) is 2. The molecule has 1 amide bonds. The summed E-state index contributed by atoms with van der Waals surface area (Å²) in [5, 5.41) is 0. The molecule has 6 heteroatoms. The van der Waals surface area contributed by atoms with Gasteiger partial charge in [-0.05, 0) is 56.7 Å². The lowest BCUT2D eigenvalue weighted by atomic mass is 9.90. The average molecular weight is 356 g/mol. The van der Waals surface area contributed by atoms with E-state index in [0.717, 1.165) is 38.4 Å². The van der Waals surface area contributed by atoms with E-state index in [9.17, 15) is 18.0 Å². The van der Waals surface area contributed by atoms with Gasteiger partial charge in [-0.15, -0.1) is 0 Å². The number of hydrogen-bond donors (Lipinski definition) is 0. The van der Waals surface area contributed by atoms with Crippen LogP contribution in [0.15, 0.2) is 24.3 Å². The van der Waals surface area contributed by atoms with Crippen molar-refractivity contribution in [3.05, 3.63) is 35.4 Å². The van der Waals surface area contributed by atoms with Crippen molar-refractivity contribution in [2.75, 3.05) is 33.2 Å². The van der Waals surface area contributed by atoms with Crippen molar-refractivity contribution in [3.8, 4) is 0 Å². The van der Waals surface area contributed by atoms with Crippen LogP contribution in [-0.4, -0.2) is 48.9 Å². The molecular weight excluding hydrogens is 329 g/mol. The van der Waals surface area contributed by atoms with E-state index in [-0.39, 0.29) is 5.91 Å². The molecular formula is C19H27F3N2O. The number of carbonyl (C=O) groups excluding carboxylic acids is 1. The fourth-order valence-corrected chi connectivity index (χ4v) is 3.39. The molecule has 1 atom stereocenters. The van der Waals surface area contributed by atoms with Gasteiger partial charge in [-0.2, -0.15) is 13.2 Å². The fraction of sp³-hybridized carbons (Fsp3) is 0.632. The van der Waals surface area contributed by atoms with Gasteiger partial charge in [0.25, 0.3) is 0 Å². The van der Waals surface area contributed by atoms with E-state index in [1.54, 1.807) is 24.1 Å². The molecule has 0 spiro atoms. The van der Waals surface area contributed by atoms with Crippen molar-refractivity contribution in [1.82, 2.24) is 9.80 Å². The Morgan fingerprint density at radius 2 is 2.04 bits per heavy atom. The smallest absolute Gasteiger partial charge is 0.345 e. The lowest BCUT2D eigenvalue weighted by Crippen LogP contribution is -2.43. The van der Waals surface area contributed by atoms with Crippen molar-refractivity contribution < 1.29 is 18.0 Å². The highest BCUT2D eigenvalue weighted by Crippen LogP contribution is 2.33. The number of nitrogens with zero attached hydrogens (tertiary/aromatic N) is 2. The highest BCUT2D eigenvalue weighted by atomic mass is 19.4. The summed E-state index contributed by atoms with van der Waals surface area (Å²) >= 11 is 0. The number of aryl methyl sites for hydroxylation is 1. The minimum absolute atomic E-state index is 0.102. The molecule has 25 heavy (non-hydrogen) atoms. The molecule has 1 saturated heterocycles. The van der Waals surface area contributed by atoms with E-state index in [1.807, 2.05) is 6.92 Å². The molecule has 0 aromatic heterocycles. The number of amides is 1. The van der Waals surface area contributed by atoms with Gasteiger partial charge in [0.05, 0.1) is 12.1 Å². The third kappa shape index (κ3) is 5.73. The molecule has 0 saturated carbocycles. The SMILES string of the molecule is CCN(C)C(=O)CN1CCCC(CCc2ccccc2C(F)(F)F)C1. The molecule has 140 valence electrons. The zero-order chi connectivity index (χ0) is 18.4. The van der Waals surface area contributed by atoms with E-state index in [1.165, 1.54) is 6.07 Å². The van der Waals surface area contributed by atoms with Gasteiger partial charge in [0.15, 0.2) is 0 Å². The van der Waals surface area contributed by atoms with Crippen molar-refractivity contribution in [2.45, 2.75) is 38.8 Å². The van der Waals surface area contributed by atoms with Crippen molar-refractivity contribution in [3.63, 3.8) is 0 Å². The lowest BCUT2D eigenvalue weighted by Gasteiger charge is -2.33. The van der Waals surface area contributed by atoms with Crippen molar-refractivity contribution in [1.29, 1.82) is 0 Å². The van der Waals surface area contributed by atoms with Gasteiger partial charge in [0.2, 0.25) is 5.91 Å². The normalized spacial score (nSPS) is 19.0. The van der Waals surface area contributed by atoms with Crippen LogP contribution in [0.5, 0.6) is 0 Å². The molecule has 0 bridgehead atoms. The molecule has 1 aromatic carbocycles. The Bertz CT molecular complexity index is 574. The first-order valence-electron chi connectivity index (χ1n) is 8.92. The van der Waals surface area contributed by atoms with Crippen LogP contribution in [0.2, 0.25) is 0 Å². The monoisotopic (exact) mass is 356 g/mol. The maximum Gasteiger partial charge on any atom is 0.416 e. The Morgan fingerprint density at radius 1 is 1.32 bits per heavy atom. The maximum atomic E-state index is 13.1. The number of halogens is 3. The summed E-state index contributed by atoms with van der Waals surface area (Å²) in [4.78, 5) is 15.9. The van der Waals surface area contributed by atoms with Gasteiger partial charge >= 0.3 is 6.18 Å². The molecule has 0 radical (unpaired) electrons. The van der Waals surface area contributed by atoms with E-state index in [4.69, 9.17) is 0 Å². The molecule has 1 aliphatic heterocycles. The predicted molar refractivity (Wildman–Crippen MR) is 92.2 cm³/mol. The standard InChI is InChI=1S/C19H27F3N2O/c1-3-23(2)18(25)14-24-12-6-7-15(13-24)10-11-16-8-4-5-9-17(16)19(20,21)22/h4-5,8-9,15H,3,6-7,10-14H2,1-2H3. The summed E-state index contributed by atoms with van der Waals surface area (Å²) in [6, 6.07) is 5.83. The fourth-order valence-electron chi connectivity index (χ4n) is 3.39. The highest BCUT2D eigenvalue weighted by molar-refractivity contribution is 5.77. The second-order valence-electron chi connectivity index (χ2n) is 6.84. The summed E-state index contributed by atoms with van der Waals surface area (Å²) < 4.78 is 39.2. The lowest BCUT2D eigenvalue weighted by molar-refractivity contribution is -0.138. The first kappa shape index (κ1) is 19.8. The minimum atomic E-state index is -4.30. The maximum absolute atomic E-state index is 13.1. The summed E-state index contributed by atoms with van der Waals surface area (Å²) in [5.41, 5.74) is -0.156. The highest BCUT2D eigenvalue weighted by Gasteiger charge is 2.33. The van der Waals surface area contributed by atoms with Crippen molar-refractivity contribution in [2.24, 2.45) is 5.92 Å². The molecule has 1 heterocycles. The second kappa shape index (κ2) is 8.70. The van der Waals surface area contributed by atoms with E-state index < -0.39 is 11.7 Å². The third-order valence-corrected chi connectivity index (χ3v) is 5.01. The van der Waals surface area contributed by atoms with Gasteiger partial charge in [-0.25, -0.2) is 0 Å². The topological polar surface area (TPSA) is 23.6 Å².